The molecule has 1 aliphatic carbocycles. The number of benzene rings is 5. The van der Waals surface area contributed by atoms with Gasteiger partial charge < -0.3 is 4.74 Å². The van der Waals surface area contributed by atoms with E-state index in [-0.39, 0.29) is 5.41 Å². The third kappa shape index (κ3) is 3.14. The Morgan fingerprint density at radius 3 is 1.71 bits per heavy atom. The van der Waals surface area contributed by atoms with E-state index in [9.17, 15) is 0 Å². The Morgan fingerprint density at radius 2 is 1.14 bits per heavy atom. The molecular formula is C34H30O. The maximum absolute atomic E-state index is 6.63. The predicted octanol–water partition coefficient (Wildman–Crippen LogP) is 9.50. The first-order valence-corrected chi connectivity index (χ1v) is 13.1. The highest BCUT2D eigenvalue weighted by Gasteiger charge is 2.42. The van der Waals surface area contributed by atoms with Gasteiger partial charge in [-0.1, -0.05) is 104 Å². The van der Waals surface area contributed by atoms with Crippen LogP contribution in [0.3, 0.4) is 0 Å². The van der Waals surface area contributed by atoms with Gasteiger partial charge in [0.25, 0.3) is 0 Å². The van der Waals surface area contributed by atoms with Gasteiger partial charge in [0.15, 0.2) is 0 Å². The number of hydrogen-bond acceptors (Lipinski definition) is 1. The molecule has 1 nitrogen and oxygen atoms in total. The summed E-state index contributed by atoms with van der Waals surface area (Å²) in [6, 6.07) is 35.8. The van der Waals surface area contributed by atoms with Crippen LogP contribution in [0.2, 0.25) is 0 Å². The van der Waals surface area contributed by atoms with Crippen LogP contribution in [0.25, 0.3) is 21.5 Å². The molecule has 0 saturated heterocycles. The number of fused-ring (bicyclic) bond motifs is 6. The van der Waals surface area contributed by atoms with Crippen LogP contribution >= 0.6 is 0 Å². The number of rotatable bonds is 2. The summed E-state index contributed by atoms with van der Waals surface area (Å²) in [7, 11) is 0. The van der Waals surface area contributed by atoms with Crippen molar-refractivity contribution in [2.45, 2.75) is 50.4 Å². The van der Waals surface area contributed by atoms with Crippen molar-refractivity contribution in [3.8, 4) is 11.5 Å². The molecule has 1 heterocycles. The Labute approximate surface area is 207 Å². The summed E-state index contributed by atoms with van der Waals surface area (Å²) in [5.74, 6) is 2.64. The Morgan fingerprint density at radius 1 is 0.600 bits per heavy atom. The van der Waals surface area contributed by atoms with E-state index in [1.807, 2.05) is 0 Å². The molecule has 0 radical (unpaired) electrons. The molecule has 0 aromatic heterocycles. The van der Waals surface area contributed by atoms with Crippen molar-refractivity contribution >= 4 is 21.5 Å². The van der Waals surface area contributed by atoms with Crippen LogP contribution in [-0.4, -0.2) is 0 Å². The van der Waals surface area contributed by atoms with E-state index in [1.165, 1.54) is 75.9 Å². The summed E-state index contributed by atoms with van der Waals surface area (Å²) < 4.78 is 6.63. The molecule has 5 aromatic rings. The van der Waals surface area contributed by atoms with Crippen LogP contribution in [0.1, 0.15) is 67.2 Å². The summed E-state index contributed by atoms with van der Waals surface area (Å²) in [5, 5.41) is 5.04. The van der Waals surface area contributed by atoms with Gasteiger partial charge in [0.2, 0.25) is 0 Å². The third-order valence-corrected chi connectivity index (χ3v) is 8.57. The van der Waals surface area contributed by atoms with Crippen LogP contribution in [-0.2, 0) is 5.41 Å². The van der Waals surface area contributed by atoms with E-state index in [1.54, 1.807) is 0 Å². The monoisotopic (exact) mass is 454 g/mol. The molecule has 1 aliphatic heterocycles. The van der Waals surface area contributed by atoms with E-state index < -0.39 is 0 Å². The molecule has 1 heteroatoms. The normalized spacial score (nSPS) is 17.1. The molecule has 0 bridgehead atoms. The van der Waals surface area contributed by atoms with Gasteiger partial charge in [0.05, 0.1) is 5.41 Å². The second kappa shape index (κ2) is 7.99. The van der Waals surface area contributed by atoms with Crippen molar-refractivity contribution in [3.63, 3.8) is 0 Å². The largest absolute Gasteiger partial charge is 0.457 e. The lowest BCUT2D eigenvalue weighted by Gasteiger charge is -2.40. The number of hydrogen-bond donors (Lipinski definition) is 0. The fourth-order valence-corrected chi connectivity index (χ4v) is 6.76. The first kappa shape index (κ1) is 20.8. The van der Waals surface area contributed by atoms with Gasteiger partial charge in [-0.05, 0) is 70.5 Å². The van der Waals surface area contributed by atoms with E-state index in [0.29, 0.717) is 5.92 Å². The van der Waals surface area contributed by atoms with Crippen molar-refractivity contribution in [2.75, 3.05) is 0 Å². The van der Waals surface area contributed by atoms with E-state index >= 15 is 0 Å². The second-order valence-electron chi connectivity index (χ2n) is 10.5. The summed E-state index contributed by atoms with van der Waals surface area (Å²) in [6.07, 6.45) is 6.76. The molecule has 5 aromatic carbocycles. The molecular weight excluding hydrogens is 424 g/mol. The van der Waals surface area contributed by atoms with Gasteiger partial charge in [0, 0.05) is 11.1 Å². The van der Waals surface area contributed by atoms with Gasteiger partial charge in [-0.2, -0.15) is 0 Å². The molecule has 0 atom stereocenters. The lowest BCUT2D eigenvalue weighted by atomic mass is 9.66. The summed E-state index contributed by atoms with van der Waals surface area (Å²) in [4.78, 5) is 0. The summed E-state index contributed by atoms with van der Waals surface area (Å²) >= 11 is 0. The lowest BCUT2D eigenvalue weighted by molar-refractivity contribution is 0.431. The Balaban J connectivity index is 1.51. The Bertz CT molecular complexity index is 1470. The fourth-order valence-electron chi connectivity index (χ4n) is 6.76. The van der Waals surface area contributed by atoms with Crippen LogP contribution in [0.4, 0.5) is 0 Å². The van der Waals surface area contributed by atoms with E-state index in [4.69, 9.17) is 4.74 Å². The molecule has 0 N–H and O–H groups in total. The van der Waals surface area contributed by atoms with Crippen LogP contribution in [0, 0.1) is 0 Å². The van der Waals surface area contributed by atoms with Gasteiger partial charge in [-0.25, -0.2) is 0 Å². The van der Waals surface area contributed by atoms with Crippen molar-refractivity contribution in [1.82, 2.24) is 0 Å². The van der Waals surface area contributed by atoms with Crippen LogP contribution in [0.15, 0.2) is 97.1 Å². The fraction of sp³-hybridized carbons (Fsp3) is 0.235. The average Bonchev–Trinajstić information content (AvgIpc) is 2.93. The van der Waals surface area contributed by atoms with Crippen LogP contribution in [0.5, 0.6) is 11.5 Å². The lowest BCUT2D eigenvalue weighted by Crippen LogP contribution is -2.30. The summed E-state index contributed by atoms with van der Waals surface area (Å²) in [6.45, 7) is 2.40. The maximum Gasteiger partial charge on any atom is 0.132 e. The molecule has 7 rings (SSSR count). The highest BCUT2D eigenvalue weighted by atomic mass is 16.5. The average molecular weight is 455 g/mol. The Hall–Kier alpha value is -3.58. The summed E-state index contributed by atoms with van der Waals surface area (Å²) in [5.41, 5.74) is 5.03. The highest BCUT2D eigenvalue weighted by molar-refractivity contribution is 5.96. The zero-order chi connectivity index (χ0) is 23.4. The molecule has 35 heavy (non-hydrogen) atoms. The van der Waals surface area contributed by atoms with Crippen molar-refractivity contribution in [3.05, 3.63) is 119 Å². The molecule has 0 amide bonds. The zero-order valence-electron chi connectivity index (χ0n) is 20.3. The second-order valence-corrected chi connectivity index (χ2v) is 10.5. The molecule has 172 valence electrons. The van der Waals surface area contributed by atoms with E-state index in [2.05, 4.69) is 104 Å². The maximum atomic E-state index is 6.63. The standard InChI is InChI=1S/C34H30O/c1-34(27-19-15-24(16-20-27)23-9-3-2-4-10-23)32-28-13-7-5-11-25(28)17-21-30(32)35-31-22-18-26-12-6-8-14-29(26)33(31)34/h5-8,11-23H,2-4,9-10H2,1H3. The van der Waals surface area contributed by atoms with Crippen LogP contribution < -0.4 is 4.74 Å². The first-order valence-electron chi connectivity index (χ1n) is 13.1. The van der Waals surface area contributed by atoms with Gasteiger partial charge >= 0.3 is 0 Å². The van der Waals surface area contributed by atoms with Crippen molar-refractivity contribution in [1.29, 1.82) is 0 Å². The molecule has 2 aliphatic rings. The van der Waals surface area contributed by atoms with Crippen molar-refractivity contribution in [2.24, 2.45) is 0 Å². The SMILES string of the molecule is CC1(c2ccc(C3CCCCC3)cc2)c2c(ccc3ccccc23)Oc2ccc3ccccc3c21. The van der Waals surface area contributed by atoms with Gasteiger partial charge in [-0.15, -0.1) is 0 Å². The topological polar surface area (TPSA) is 9.23 Å². The molecule has 0 unspecified atom stereocenters. The van der Waals surface area contributed by atoms with Gasteiger partial charge in [0.1, 0.15) is 11.5 Å². The number of ether oxygens (including phenoxy) is 1. The molecule has 0 spiro atoms. The minimum absolute atomic E-state index is 0.338. The predicted molar refractivity (Wildman–Crippen MR) is 146 cm³/mol. The quantitative estimate of drug-likeness (QED) is 0.258. The van der Waals surface area contributed by atoms with Gasteiger partial charge in [-0.3, -0.25) is 0 Å². The minimum atomic E-state index is -0.338. The zero-order valence-corrected chi connectivity index (χ0v) is 20.3. The van der Waals surface area contributed by atoms with Crippen molar-refractivity contribution < 1.29 is 4.74 Å². The molecule has 1 saturated carbocycles. The van der Waals surface area contributed by atoms with E-state index in [0.717, 1.165) is 11.5 Å². The first-order chi connectivity index (χ1) is 17.2. The third-order valence-electron chi connectivity index (χ3n) is 8.57. The minimum Gasteiger partial charge on any atom is -0.457 e. The smallest absolute Gasteiger partial charge is 0.132 e. The highest BCUT2D eigenvalue weighted by Crippen LogP contribution is 2.55. The Kier molecular flexibility index (Phi) is 4.74. The molecule has 1 fully saturated rings.